The number of fused-ring (bicyclic) bond motifs is 1. The zero-order chi connectivity index (χ0) is 22.9. The number of benzene rings is 3. The number of hydrogen-bond donors (Lipinski definition) is 1. The van der Waals surface area contributed by atoms with Crippen molar-refractivity contribution in [2.45, 2.75) is 0 Å². The van der Waals surface area contributed by atoms with Crippen LogP contribution in [0.1, 0.15) is 5.76 Å². The van der Waals surface area contributed by atoms with Crippen LogP contribution in [0.25, 0.3) is 33.9 Å². The van der Waals surface area contributed by atoms with Crippen LogP contribution in [0.2, 0.25) is 0 Å². The third kappa shape index (κ3) is 4.13. The Kier molecular flexibility index (Phi) is 5.23. The monoisotopic (exact) mass is 503 g/mol. The highest BCUT2D eigenvalue weighted by molar-refractivity contribution is 9.10. The zero-order valence-corrected chi connectivity index (χ0v) is 18.4. The maximum atomic E-state index is 10.9. The first-order valence-corrected chi connectivity index (χ1v) is 10.5. The van der Waals surface area contributed by atoms with E-state index in [-0.39, 0.29) is 11.4 Å². The van der Waals surface area contributed by atoms with Gasteiger partial charge in [0.15, 0.2) is 5.58 Å². The van der Waals surface area contributed by atoms with Gasteiger partial charge in [-0.15, -0.1) is 0 Å². The second kappa shape index (κ2) is 8.36. The van der Waals surface area contributed by atoms with Gasteiger partial charge >= 0.3 is 0 Å². The van der Waals surface area contributed by atoms with Gasteiger partial charge in [0, 0.05) is 22.2 Å². The number of aliphatic imine (C=N–C) groups is 1. The maximum Gasteiger partial charge on any atom is 0.270 e. The molecular weight excluding hydrogens is 490 g/mol. The summed E-state index contributed by atoms with van der Waals surface area (Å²) in [6.45, 7) is 0. The van der Waals surface area contributed by atoms with Crippen molar-refractivity contribution in [3.63, 3.8) is 0 Å². The molecule has 0 unspecified atom stereocenters. The van der Waals surface area contributed by atoms with Crippen LogP contribution in [-0.2, 0) is 0 Å². The minimum atomic E-state index is -0.457. The smallest absolute Gasteiger partial charge is 0.270 e. The average molecular weight is 504 g/mol. The number of nitro benzene ring substituents is 1. The summed E-state index contributed by atoms with van der Waals surface area (Å²) in [5, 5.41) is 21.2. The first kappa shape index (κ1) is 20.7. The molecule has 0 spiro atoms. The first-order chi connectivity index (χ1) is 16.0. The molecule has 0 saturated carbocycles. The van der Waals surface area contributed by atoms with Gasteiger partial charge in [-0.3, -0.25) is 15.1 Å². The second-order valence-electron chi connectivity index (χ2n) is 7.07. The van der Waals surface area contributed by atoms with E-state index in [0.29, 0.717) is 49.8 Å². The number of phenols is 1. The number of oxazole rings is 1. The highest BCUT2D eigenvalue weighted by Gasteiger charge is 2.14. The molecule has 2 aromatic heterocycles. The number of hydrogen-bond acceptors (Lipinski definition) is 7. The number of aromatic nitrogens is 1. The van der Waals surface area contributed by atoms with E-state index >= 15 is 0 Å². The summed E-state index contributed by atoms with van der Waals surface area (Å²) in [5.74, 6) is 1.36. The molecule has 3 aromatic carbocycles. The van der Waals surface area contributed by atoms with Crippen LogP contribution < -0.4 is 0 Å². The molecule has 162 valence electrons. The third-order valence-electron chi connectivity index (χ3n) is 4.90. The van der Waals surface area contributed by atoms with Crippen LogP contribution in [0.5, 0.6) is 5.75 Å². The van der Waals surface area contributed by atoms with Crippen LogP contribution >= 0.6 is 15.9 Å². The van der Waals surface area contributed by atoms with Gasteiger partial charge in [0.2, 0.25) is 5.89 Å². The minimum Gasteiger partial charge on any atom is -0.507 e. The molecule has 5 aromatic rings. The van der Waals surface area contributed by atoms with E-state index in [0.717, 1.165) is 0 Å². The number of aromatic hydroxyl groups is 1. The van der Waals surface area contributed by atoms with Crippen molar-refractivity contribution in [1.82, 2.24) is 4.98 Å². The van der Waals surface area contributed by atoms with Crippen molar-refractivity contribution < 1.29 is 18.9 Å². The number of nitro groups is 1. The van der Waals surface area contributed by atoms with E-state index in [2.05, 4.69) is 25.9 Å². The molecule has 0 amide bonds. The molecule has 2 heterocycles. The molecule has 9 heteroatoms. The van der Waals surface area contributed by atoms with Crippen molar-refractivity contribution >= 4 is 44.6 Å². The quantitative estimate of drug-likeness (QED) is 0.159. The first-order valence-electron chi connectivity index (χ1n) is 9.75. The fraction of sp³-hybridized carbons (Fsp3) is 0. The fourth-order valence-corrected chi connectivity index (χ4v) is 3.85. The van der Waals surface area contributed by atoms with Gasteiger partial charge < -0.3 is 13.9 Å². The summed E-state index contributed by atoms with van der Waals surface area (Å²) in [7, 11) is 0. The molecule has 0 aliphatic rings. The molecular formula is C24H14BrN3O5. The molecule has 0 fully saturated rings. The summed E-state index contributed by atoms with van der Waals surface area (Å²) in [6.07, 6.45) is 1.55. The Morgan fingerprint density at radius 3 is 2.64 bits per heavy atom. The van der Waals surface area contributed by atoms with Crippen LogP contribution in [0.4, 0.5) is 11.4 Å². The Hall–Kier alpha value is -4.24. The minimum absolute atomic E-state index is 0.0129. The van der Waals surface area contributed by atoms with Crippen LogP contribution in [0, 0.1) is 10.1 Å². The van der Waals surface area contributed by atoms with Gasteiger partial charge in [-0.2, -0.15) is 0 Å². The van der Waals surface area contributed by atoms with Crippen LogP contribution in [0.15, 0.2) is 91.1 Å². The van der Waals surface area contributed by atoms with Gasteiger partial charge in [0.05, 0.1) is 22.4 Å². The number of non-ortho nitro benzene ring substituents is 1. The standard InChI is InChI=1S/C24H14BrN3O5/c25-19-12-15(28(30)31)6-8-17(19)22-10-7-16(32-22)13-26-14-5-9-21(29)18(11-14)24-27-20-3-1-2-4-23(20)33-24/h1-13,29H. The Bertz CT molecular complexity index is 1500. The SMILES string of the molecule is O=[N+]([O-])c1ccc(-c2ccc(C=Nc3ccc(O)c(-c4nc5ccccc5o4)c3)o2)c(Br)c1. The molecule has 0 radical (unpaired) electrons. The molecule has 0 bridgehead atoms. The molecule has 0 aliphatic carbocycles. The molecule has 33 heavy (non-hydrogen) atoms. The van der Waals surface area contributed by atoms with Gasteiger partial charge in [-0.1, -0.05) is 12.1 Å². The van der Waals surface area contributed by atoms with E-state index in [1.54, 1.807) is 36.5 Å². The summed E-state index contributed by atoms with van der Waals surface area (Å²) in [6, 6.07) is 20.2. The van der Waals surface area contributed by atoms with E-state index in [9.17, 15) is 15.2 Å². The lowest BCUT2D eigenvalue weighted by Crippen LogP contribution is -1.88. The van der Waals surface area contributed by atoms with E-state index in [1.807, 2.05) is 24.3 Å². The summed E-state index contributed by atoms with van der Waals surface area (Å²) >= 11 is 3.35. The summed E-state index contributed by atoms with van der Waals surface area (Å²) < 4.78 is 12.1. The molecule has 1 N–H and O–H groups in total. The van der Waals surface area contributed by atoms with Crippen molar-refractivity contribution in [3.05, 3.63) is 93.1 Å². The molecule has 0 atom stereocenters. The number of para-hydroxylation sites is 2. The topological polar surface area (TPSA) is 115 Å². The van der Waals surface area contributed by atoms with Crippen molar-refractivity contribution in [1.29, 1.82) is 0 Å². The Morgan fingerprint density at radius 1 is 1.00 bits per heavy atom. The average Bonchev–Trinajstić information content (AvgIpc) is 3.45. The van der Waals surface area contributed by atoms with Crippen molar-refractivity contribution in [2.24, 2.45) is 4.99 Å². The largest absolute Gasteiger partial charge is 0.507 e. The lowest BCUT2D eigenvalue weighted by Gasteiger charge is -2.02. The number of nitrogens with zero attached hydrogens (tertiary/aromatic N) is 3. The molecule has 0 saturated heterocycles. The normalized spacial score (nSPS) is 11.4. The second-order valence-corrected chi connectivity index (χ2v) is 7.92. The Balaban J connectivity index is 1.41. The lowest BCUT2D eigenvalue weighted by molar-refractivity contribution is -0.384. The lowest BCUT2D eigenvalue weighted by atomic mass is 10.1. The van der Waals surface area contributed by atoms with Crippen LogP contribution in [0.3, 0.4) is 0 Å². The van der Waals surface area contributed by atoms with Gasteiger partial charge in [-0.25, -0.2) is 4.98 Å². The zero-order valence-electron chi connectivity index (χ0n) is 16.8. The number of furan rings is 1. The third-order valence-corrected chi connectivity index (χ3v) is 5.56. The maximum absolute atomic E-state index is 10.9. The number of halogens is 1. The Labute approximate surface area is 195 Å². The fourth-order valence-electron chi connectivity index (χ4n) is 3.29. The summed E-state index contributed by atoms with van der Waals surface area (Å²) in [5.41, 5.74) is 2.99. The van der Waals surface area contributed by atoms with Gasteiger partial charge in [-0.05, 0) is 64.5 Å². The van der Waals surface area contributed by atoms with E-state index < -0.39 is 4.92 Å². The molecule has 5 rings (SSSR count). The van der Waals surface area contributed by atoms with Crippen LogP contribution in [-0.4, -0.2) is 21.2 Å². The summed E-state index contributed by atoms with van der Waals surface area (Å²) in [4.78, 5) is 19.3. The van der Waals surface area contributed by atoms with E-state index in [4.69, 9.17) is 8.83 Å². The predicted octanol–water partition coefficient (Wildman–Crippen LogP) is 6.88. The van der Waals surface area contributed by atoms with Crippen molar-refractivity contribution in [3.8, 4) is 28.5 Å². The van der Waals surface area contributed by atoms with Gasteiger partial charge in [0.1, 0.15) is 22.8 Å². The predicted molar refractivity (Wildman–Crippen MR) is 127 cm³/mol. The number of rotatable bonds is 5. The van der Waals surface area contributed by atoms with Gasteiger partial charge in [0.25, 0.3) is 5.69 Å². The highest BCUT2D eigenvalue weighted by atomic mass is 79.9. The van der Waals surface area contributed by atoms with Crippen molar-refractivity contribution in [2.75, 3.05) is 0 Å². The van der Waals surface area contributed by atoms with E-state index in [1.165, 1.54) is 18.2 Å². The molecule has 0 aliphatic heterocycles. The molecule has 8 nitrogen and oxygen atoms in total. The Morgan fingerprint density at radius 2 is 1.85 bits per heavy atom. The number of phenolic OH excluding ortho intramolecular Hbond substituents is 1. The highest BCUT2D eigenvalue weighted by Crippen LogP contribution is 2.35.